The number of carbonyl (C=O) groups is 4. The number of piperazine rings is 2. The molecule has 0 aliphatic carbocycles. The summed E-state index contributed by atoms with van der Waals surface area (Å²) in [5.74, 6) is -1.79. The van der Waals surface area contributed by atoms with Crippen molar-refractivity contribution in [3.63, 3.8) is 0 Å². The maximum atomic E-state index is 13.7. The molecule has 4 aromatic rings. The molecular formula is C42H49Cl2F2N9O5. The minimum atomic E-state index is -0.551. The molecule has 14 nitrogen and oxygen atoms in total. The number of esters is 1. The van der Waals surface area contributed by atoms with Crippen LogP contribution >= 0.6 is 23.2 Å². The Morgan fingerprint density at radius 1 is 0.667 bits per heavy atom. The Labute approximate surface area is 358 Å². The van der Waals surface area contributed by atoms with Crippen molar-refractivity contribution in [3.8, 4) is 0 Å². The van der Waals surface area contributed by atoms with Crippen molar-refractivity contribution < 1.29 is 32.7 Å². The highest BCUT2D eigenvalue weighted by atomic mass is 35.5. The molecule has 2 aliphatic rings. The number of ketones is 1. The van der Waals surface area contributed by atoms with E-state index in [0.29, 0.717) is 60.1 Å². The predicted octanol–water partition coefficient (Wildman–Crippen LogP) is 6.20. The van der Waals surface area contributed by atoms with Crippen molar-refractivity contribution in [2.24, 2.45) is 5.73 Å². The summed E-state index contributed by atoms with van der Waals surface area (Å²) in [6.07, 6.45) is 2.85. The third-order valence-electron chi connectivity index (χ3n) is 10.3. The van der Waals surface area contributed by atoms with Gasteiger partial charge in [0.15, 0.2) is 5.78 Å². The van der Waals surface area contributed by atoms with Crippen LogP contribution < -0.4 is 15.5 Å². The first-order valence-corrected chi connectivity index (χ1v) is 20.3. The van der Waals surface area contributed by atoms with Gasteiger partial charge in [-0.1, -0.05) is 37.0 Å². The molecule has 2 N–H and O–H groups in total. The van der Waals surface area contributed by atoms with Crippen LogP contribution in [0.3, 0.4) is 0 Å². The van der Waals surface area contributed by atoms with Gasteiger partial charge < -0.3 is 30.1 Å². The van der Waals surface area contributed by atoms with E-state index in [2.05, 4.69) is 38.4 Å². The number of pyridine rings is 2. The highest BCUT2D eigenvalue weighted by Gasteiger charge is 2.28. The first-order valence-electron chi connectivity index (χ1n) is 19.5. The molecule has 2 aromatic heterocycles. The summed E-state index contributed by atoms with van der Waals surface area (Å²) in [5, 5.41) is -0.118. The number of amides is 4. The van der Waals surface area contributed by atoms with Gasteiger partial charge in [0.2, 0.25) is 0 Å². The lowest BCUT2D eigenvalue weighted by Crippen LogP contribution is -2.52. The van der Waals surface area contributed by atoms with Gasteiger partial charge in [-0.3, -0.25) is 24.6 Å². The fraction of sp³-hybridized carbons (Fsp3) is 0.381. The maximum absolute atomic E-state index is 13.7. The first kappa shape index (κ1) is 45.8. The van der Waals surface area contributed by atoms with Crippen LogP contribution in [0.15, 0.2) is 73.1 Å². The summed E-state index contributed by atoms with van der Waals surface area (Å²) >= 11 is 11.9. The number of Topliss-reactive ketones (excluding diaryl/α,β-unsaturated/α-hetero) is 1. The Morgan fingerprint density at radius 3 is 1.42 bits per heavy atom. The molecule has 2 fully saturated rings. The molecule has 4 heterocycles. The topological polar surface area (TPSA) is 149 Å². The van der Waals surface area contributed by atoms with Crippen LogP contribution in [0.25, 0.3) is 0 Å². The van der Waals surface area contributed by atoms with Crippen molar-refractivity contribution in [3.05, 3.63) is 117 Å². The molecule has 2 aliphatic heterocycles. The highest BCUT2D eigenvalue weighted by molar-refractivity contribution is 6.31. The van der Waals surface area contributed by atoms with E-state index >= 15 is 0 Å². The van der Waals surface area contributed by atoms with Crippen molar-refractivity contribution in [2.45, 2.75) is 26.9 Å². The Kier molecular flexibility index (Phi) is 16.7. The van der Waals surface area contributed by atoms with E-state index in [1.165, 1.54) is 65.7 Å². The number of methoxy groups -OCH3 is 1. The summed E-state index contributed by atoms with van der Waals surface area (Å²) in [6, 6.07) is 14.6. The summed E-state index contributed by atoms with van der Waals surface area (Å²) in [5.41, 5.74) is 8.24. The van der Waals surface area contributed by atoms with Crippen LogP contribution in [0.1, 0.15) is 46.0 Å². The number of urea groups is 2. The van der Waals surface area contributed by atoms with Gasteiger partial charge in [0.1, 0.15) is 11.6 Å². The number of rotatable bonds is 11. The second-order valence-corrected chi connectivity index (χ2v) is 14.8. The summed E-state index contributed by atoms with van der Waals surface area (Å²) in [7, 11) is 1.30. The number of hydrogen-bond donors (Lipinski definition) is 1. The molecule has 0 radical (unpaired) electrons. The van der Waals surface area contributed by atoms with Gasteiger partial charge in [0, 0.05) is 81.7 Å². The smallest absolute Gasteiger partial charge is 0.339 e. The van der Waals surface area contributed by atoms with Crippen LogP contribution in [-0.2, 0) is 17.8 Å². The molecule has 0 bridgehead atoms. The zero-order valence-corrected chi connectivity index (χ0v) is 35.3. The van der Waals surface area contributed by atoms with Crippen LogP contribution in [0.5, 0.6) is 0 Å². The van der Waals surface area contributed by atoms with Crippen LogP contribution in [-0.4, -0.2) is 132 Å². The van der Waals surface area contributed by atoms with E-state index < -0.39 is 17.6 Å². The van der Waals surface area contributed by atoms with Gasteiger partial charge in [0.05, 0.1) is 53.7 Å². The molecule has 0 saturated carbocycles. The van der Waals surface area contributed by atoms with Gasteiger partial charge in [0.25, 0.3) is 0 Å². The average Bonchev–Trinajstić information content (AvgIpc) is 3.29. The lowest BCUT2D eigenvalue weighted by molar-refractivity contribution is 0.0600. The number of carbonyl (C=O) groups excluding carboxylic acids is 4. The Bertz CT molecular complexity index is 1950. The monoisotopic (exact) mass is 867 g/mol. The fourth-order valence-electron chi connectivity index (χ4n) is 6.58. The van der Waals surface area contributed by atoms with Gasteiger partial charge in [-0.25, -0.2) is 23.2 Å². The van der Waals surface area contributed by atoms with Crippen molar-refractivity contribution in [1.29, 1.82) is 0 Å². The average molecular weight is 869 g/mol. The summed E-state index contributed by atoms with van der Waals surface area (Å²) in [4.78, 5) is 69.7. The van der Waals surface area contributed by atoms with Gasteiger partial charge in [-0.2, -0.15) is 0 Å². The van der Waals surface area contributed by atoms with E-state index in [9.17, 15) is 28.0 Å². The molecule has 2 aromatic carbocycles. The quantitative estimate of drug-likeness (QED) is 0.136. The number of halogens is 4. The summed E-state index contributed by atoms with van der Waals surface area (Å²) < 4.78 is 32.0. The number of likely N-dealkylation sites (N-methyl/N-ethyl adjacent to an activating group) is 2. The second-order valence-electron chi connectivity index (χ2n) is 14.0. The highest BCUT2D eigenvalue weighted by Crippen LogP contribution is 2.27. The third kappa shape index (κ3) is 11.9. The van der Waals surface area contributed by atoms with Crippen molar-refractivity contribution >= 4 is 58.4 Å². The first-order chi connectivity index (χ1) is 28.8. The van der Waals surface area contributed by atoms with Crippen LogP contribution in [0.2, 0.25) is 10.0 Å². The molecule has 18 heteroatoms. The zero-order valence-electron chi connectivity index (χ0n) is 33.8. The third-order valence-corrected chi connectivity index (χ3v) is 10.9. The lowest BCUT2D eigenvalue weighted by Gasteiger charge is -2.37. The zero-order chi connectivity index (χ0) is 43.3. The molecule has 6 rings (SSSR count). The number of hydrogen-bond acceptors (Lipinski definition) is 10. The molecule has 60 heavy (non-hydrogen) atoms. The Hall–Kier alpha value is -5.26. The minimum Gasteiger partial charge on any atom is -0.465 e. The van der Waals surface area contributed by atoms with Crippen molar-refractivity contribution in [2.75, 3.05) is 88.9 Å². The number of nitrogens with zero attached hydrogens (tertiary/aromatic N) is 8. The van der Waals surface area contributed by atoms with E-state index in [-0.39, 0.29) is 47.5 Å². The number of benzene rings is 2. The molecule has 0 spiro atoms. The van der Waals surface area contributed by atoms with E-state index in [1.807, 2.05) is 0 Å². The Morgan fingerprint density at radius 2 is 1.08 bits per heavy atom. The van der Waals surface area contributed by atoms with E-state index in [0.717, 1.165) is 39.3 Å². The van der Waals surface area contributed by atoms with Gasteiger partial charge >= 0.3 is 18.0 Å². The van der Waals surface area contributed by atoms with Crippen LogP contribution in [0, 0.1) is 11.6 Å². The second kappa shape index (κ2) is 21.8. The van der Waals surface area contributed by atoms with Crippen LogP contribution in [0.4, 0.5) is 29.7 Å². The van der Waals surface area contributed by atoms with Gasteiger partial charge in [-0.15, -0.1) is 0 Å². The minimum absolute atomic E-state index is 0.0575. The molecule has 320 valence electrons. The fourth-order valence-corrected chi connectivity index (χ4v) is 6.93. The van der Waals surface area contributed by atoms with Gasteiger partial charge in [-0.05, 0) is 73.8 Å². The largest absolute Gasteiger partial charge is 0.465 e. The molecule has 2 saturated heterocycles. The molecular weight excluding hydrogens is 819 g/mol. The van der Waals surface area contributed by atoms with E-state index in [4.69, 9.17) is 28.9 Å². The normalized spacial score (nSPS) is 14.5. The SMILES string of the molecule is CCN1CCN(C(=O)N(Cc2ccc(C(=O)CN)cn2)c2ccc(F)c(Cl)c2)CC1.CCN1CCN(C(=O)N(Cc2ccc(C(=O)OC)cn2)c2ccc(F)c(Cl)c2)CC1. The number of anilines is 2. The molecule has 0 atom stereocenters. The molecule has 4 amide bonds. The van der Waals surface area contributed by atoms with E-state index in [1.54, 1.807) is 34.1 Å². The predicted molar refractivity (Wildman–Crippen MR) is 227 cm³/mol. The number of nitrogens with two attached hydrogens (primary N) is 1. The van der Waals surface area contributed by atoms with Crippen molar-refractivity contribution in [1.82, 2.24) is 29.6 Å². The molecule has 0 unspecified atom stereocenters. The maximum Gasteiger partial charge on any atom is 0.339 e. The summed E-state index contributed by atoms with van der Waals surface area (Å²) in [6.45, 7) is 11.9. The number of aromatic nitrogens is 2. The standard InChI is InChI=1S/C21H25ClFN5O2.C21H24ClFN4O3/c1-2-26-7-9-27(10-8-26)21(30)28(17-5-6-19(23)18(22)11-17)14-16-4-3-15(13-25-16)20(29)12-24;1-3-25-8-10-26(11-9-25)21(29)27(17-6-7-19(23)18(22)12-17)14-16-5-4-15(13-24-16)20(28)30-2/h3-6,11,13H,2,7-10,12,14,24H2,1H3;4-7,12-13H,3,8-11,14H2,1-2H3. The lowest BCUT2D eigenvalue weighted by atomic mass is 10.1. The Balaban J connectivity index is 0.000000228. The number of ether oxygens (including phenoxy) is 1.